The normalized spacial score (nSPS) is 15.9. The molecule has 7 heteroatoms. The van der Waals surface area contributed by atoms with Crippen molar-refractivity contribution in [2.24, 2.45) is 0 Å². The van der Waals surface area contributed by atoms with Gasteiger partial charge in [-0.25, -0.2) is 9.78 Å². The van der Waals surface area contributed by atoms with Crippen molar-refractivity contribution in [2.75, 3.05) is 44.7 Å². The summed E-state index contributed by atoms with van der Waals surface area (Å²) in [5, 5.41) is 8.75. The predicted molar refractivity (Wildman–Crippen MR) is 71.9 cm³/mol. The number of aromatic nitrogens is 1. The van der Waals surface area contributed by atoms with Gasteiger partial charge in [-0.1, -0.05) is 0 Å². The topological polar surface area (TPSA) is 83.0 Å². The van der Waals surface area contributed by atoms with Crippen LogP contribution in [0.2, 0.25) is 0 Å². The maximum Gasteiger partial charge on any atom is 0.338 e. The molecule has 108 valence electrons. The minimum absolute atomic E-state index is 0.0590. The number of pyridine rings is 1. The molecule has 0 saturated carbocycles. The molecule has 0 spiro atoms. The molecule has 1 aliphatic rings. The van der Waals surface area contributed by atoms with Gasteiger partial charge in [0.05, 0.1) is 19.2 Å². The summed E-state index contributed by atoms with van der Waals surface area (Å²) in [7, 11) is 1.34. The smallest absolute Gasteiger partial charge is 0.338 e. The van der Waals surface area contributed by atoms with E-state index in [9.17, 15) is 9.59 Å². The van der Waals surface area contributed by atoms with E-state index < -0.39 is 11.9 Å². The number of anilines is 1. The van der Waals surface area contributed by atoms with Crippen LogP contribution in [0.3, 0.4) is 0 Å². The Bertz CT molecular complexity index is 498. The van der Waals surface area contributed by atoms with Gasteiger partial charge in [-0.15, -0.1) is 0 Å². The van der Waals surface area contributed by atoms with Gasteiger partial charge in [0.25, 0.3) is 0 Å². The Morgan fingerprint density at radius 1 is 1.35 bits per heavy atom. The molecule has 7 nitrogen and oxygen atoms in total. The standard InChI is InChI=1S/C13H17N3O4/c1-20-13(19)10-2-3-14-11(8-10)16-6-4-15(5-7-16)9-12(17)18/h2-3,8H,4-7,9H2,1H3,(H,17,18). The van der Waals surface area contributed by atoms with E-state index in [2.05, 4.69) is 9.72 Å². The third-order valence-electron chi connectivity index (χ3n) is 3.22. The molecule has 0 radical (unpaired) electrons. The Morgan fingerprint density at radius 2 is 2.05 bits per heavy atom. The van der Waals surface area contributed by atoms with E-state index >= 15 is 0 Å². The third kappa shape index (κ3) is 3.45. The Morgan fingerprint density at radius 3 is 2.65 bits per heavy atom. The number of hydrogen-bond acceptors (Lipinski definition) is 6. The van der Waals surface area contributed by atoms with E-state index in [0.717, 1.165) is 0 Å². The summed E-state index contributed by atoms with van der Waals surface area (Å²) in [5.74, 6) is -0.495. The maximum atomic E-state index is 11.5. The van der Waals surface area contributed by atoms with Crippen molar-refractivity contribution in [1.82, 2.24) is 9.88 Å². The first-order valence-electron chi connectivity index (χ1n) is 6.33. The van der Waals surface area contributed by atoms with Gasteiger partial charge in [0.2, 0.25) is 0 Å². The lowest BCUT2D eigenvalue weighted by Crippen LogP contribution is -2.48. The molecule has 0 aromatic carbocycles. The number of carboxylic acid groups (broad SMARTS) is 1. The first-order valence-corrected chi connectivity index (χ1v) is 6.33. The average molecular weight is 279 g/mol. The van der Waals surface area contributed by atoms with Gasteiger partial charge in [0, 0.05) is 32.4 Å². The lowest BCUT2D eigenvalue weighted by atomic mass is 10.2. The van der Waals surface area contributed by atoms with Crippen molar-refractivity contribution in [2.45, 2.75) is 0 Å². The fraction of sp³-hybridized carbons (Fsp3) is 0.462. The number of hydrogen-bond donors (Lipinski definition) is 1. The summed E-state index contributed by atoms with van der Waals surface area (Å²) in [4.78, 5) is 30.3. The molecule has 1 aliphatic heterocycles. The lowest BCUT2D eigenvalue weighted by Gasteiger charge is -2.34. The minimum atomic E-state index is -0.815. The summed E-state index contributed by atoms with van der Waals surface area (Å²) in [5.41, 5.74) is 0.463. The van der Waals surface area contributed by atoms with Crippen LogP contribution in [0.4, 0.5) is 5.82 Å². The fourth-order valence-electron chi connectivity index (χ4n) is 2.16. The third-order valence-corrected chi connectivity index (χ3v) is 3.22. The van der Waals surface area contributed by atoms with Crippen LogP contribution in [0, 0.1) is 0 Å². The van der Waals surface area contributed by atoms with E-state index in [1.54, 1.807) is 18.3 Å². The number of nitrogens with zero attached hydrogens (tertiary/aromatic N) is 3. The number of methoxy groups -OCH3 is 1. The van der Waals surface area contributed by atoms with Crippen LogP contribution in [0.15, 0.2) is 18.3 Å². The number of esters is 1. The predicted octanol–water partition coefficient (Wildman–Crippen LogP) is 0.0748. The molecule has 0 unspecified atom stereocenters. The molecule has 20 heavy (non-hydrogen) atoms. The molecule has 0 amide bonds. The quantitative estimate of drug-likeness (QED) is 0.781. The molecule has 0 bridgehead atoms. The molecular weight excluding hydrogens is 262 g/mol. The number of carbonyl (C=O) groups is 2. The van der Waals surface area contributed by atoms with Gasteiger partial charge in [-0.05, 0) is 12.1 Å². The Kier molecular flexibility index (Phi) is 4.52. The van der Waals surface area contributed by atoms with Crippen molar-refractivity contribution in [3.8, 4) is 0 Å². The number of ether oxygens (including phenoxy) is 1. The molecule has 2 heterocycles. The fourth-order valence-corrected chi connectivity index (χ4v) is 2.16. The molecule has 1 fully saturated rings. The maximum absolute atomic E-state index is 11.5. The van der Waals surface area contributed by atoms with Gasteiger partial charge >= 0.3 is 11.9 Å². The van der Waals surface area contributed by atoms with Gasteiger partial charge < -0.3 is 14.7 Å². The van der Waals surface area contributed by atoms with Crippen molar-refractivity contribution >= 4 is 17.8 Å². The van der Waals surface area contributed by atoms with Crippen LogP contribution in [-0.2, 0) is 9.53 Å². The highest BCUT2D eigenvalue weighted by molar-refractivity contribution is 5.90. The number of carboxylic acids is 1. The number of piperazine rings is 1. The van der Waals surface area contributed by atoms with Gasteiger partial charge in [-0.2, -0.15) is 0 Å². The highest BCUT2D eigenvalue weighted by atomic mass is 16.5. The summed E-state index contributed by atoms with van der Waals surface area (Å²) in [6.45, 7) is 2.76. The lowest BCUT2D eigenvalue weighted by molar-refractivity contribution is -0.138. The van der Waals surface area contributed by atoms with Crippen LogP contribution in [0.5, 0.6) is 0 Å². The van der Waals surface area contributed by atoms with Crippen molar-refractivity contribution in [3.05, 3.63) is 23.9 Å². The van der Waals surface area contributed by atoms with Gasteiger partial charge in [0.1, 0.15) is 5.82 Å². The summed E-state index contributed by atoms with van der Waals surface area (Å²) in [6, 6.07) is 3.30. The van der Waals surface area contributed by atoms with Gasteiger partial charge in [-0.3, -0.25) is 9.69 Å². The zero-order valence-electron chi connectivity index (χ0n) is 11.3. The first kappa shape index (κ1) is 14.3. The van der Waals surface area contributed by atoms with Crippen molar-refractivity contribution in [1.29, 1.82) is 0 Å². The molecular formula is C13H17N3O4. The van der Waals surface area contributed by atoms with Crippen LogP contribution in [0.25, 0.3) is 0 Å². The number of carbonyl (C=O) groups excluding carboxylic acids is 1. The zero-order chi connectivity index (χ0) is 14.5. The van der Waals surface area contributed by atoms with Crippen LogP contribution < -0.4 is 4.90 Å². The Hall–Kier alpha value is -2.15. The summed E-state index contributed by atoms with van der Waals surface area (Å²) >= 11 is 0. The molecule has 0 aliphatic carbocycles. The molecule has 1 saturated heterocycles. The molecule has 1 aromatic rings. The Balaban J connectivity index is 2.00. The van der Waals surface area contributed by atoms with E-state index in [1.165, 1.54) is 7.11 Å². The number of aliphatic carboxylic acids is 1. The highest BCUT2D eigenvalue weighted by Crippen LogP contribution is 2.15. The van der Waals surface area contributed by atoms with E-state index in [-0.39, 0.29) is 6.54 Å². The molecule has 1 aromatic heterocycles. The van der Waals surface area contributed by atoms with Crippen LogP contribution in [0.1, 0.15) is 10.4 Å². The second-order valence-corrected chi connectivity index (χ2v) is 4.55. The van der Waals surface area contributed by atoms with Crippen LogP contribution in [-0.4, -0.2) is 66.8 Å². The second-order valence-electron chi connectivity index (χ2n) is 4.55. The molecule has 0 atom stereocenters. The summed E-state index contributed by atoms with van der Waals surface area (Å²) in [6.07, 6.45) is 1.57. The van der Waals surface area contributed by atoms with Gasteiger partial charge in [0.15, 0.2) is 0 Å². The largest absolute Gasteiger partial charge is 0.480 e. The van der Waals surface area contributed by atoms with Crippen molar-refractivity contribution in [3.63, 3.8) is 0 Å². The second kappa shape index (κ2) is 6.33. The van der Waals surface area contributed by atoms with Crippen molar-refractivity contribution < 1.29 is 19.4 Å². The highest BCUT2D eigenvalue weighted by Gasteiger charge is 2.20. The Labute approximate surface area is 116 Å². The monoisotopic (exact) mass is 279 g/mol. The SMILES string of the molecule is COC(=O)c1ccnc(N2CCN(CC(=O)O)CC2)c1. The minimum Gasteiger partial charge on any atom is -0.480 e. The van der Waals surface area contributed by atoms with Crippen LogP contribution >= 0.6 is 0 Å². The molecule has 2 rings (SSSR count). The van der Waals surface area contributed by atoms with E-state index in [0.29, 0.717) is 37.6 Å². The van der Waals surface area contributed by atoms with E-state index in [1.807, 2.05) is 9.80 Å². The summed E-state index contributed by atoms with van der Waals surface area (Å²) < 4.78 is 4.68. The average Bonchev–Trinajstić information content (AvgIpc) is 2.47. The van der Waals surface area contributed by atoms with E-state index in [4.69, 9.17) is 5.11 Å². The number of rotatable bonds is 4. The zero-order valence-corrected chi connectivity index (χ0v) is 11.3. The molecule has 1 N–H and O–H groups in total. The first-order chi connectivity index (χ1) is 9.60.